The molecule has 0 fully saturated rings. The number of amides is 2. The number of rotatable bonds is 12. The maximum atomic E-state index is 14.6. The van der Waals surface area contributed by atoms with Gasteiger partial charge >= 0.3 is 0 Å². The van der Waals surface area contributed by atoms with Gasteiger partial charge in [-0.1, -0.05) is 73.2 Å². The zero-order valence-corrected chi connectivity index (χ0v) is 21.2. The number of nitrogens with one attached hydrogen (secondary N) is 1. The van der Waals surface area contributed by atoms with E-state index in [9.17, 15) is 14.0 Å². The quantitative estimate of drug-likeness (QED) is 0.326. The normalized spacial score (nSPS) is 11.6. The second-order valence-corrected chi connectivity index (χ2v) is 9.69. The van der Waals surface area contributed by atoms with Crippen molar-refractivity contribution in [3.8, 4) is 0 Å². The number of hydrogen-bond donors (Lipinski definition) is 1. The van der Waals surface area contributed by atoms with Crippen LogP contribution in [0.1, 0.15) is 36.5 Å². The minimum absolute atomic E-state index is 0.0394. The third-order valence-corrected chi connectivity index (χ3v) is 6.74. The van der Waals surface area contributed by atoms with Crippen LogP contribution in [0.4, 0.5) is 4.39 Å². The standard InChI is InChI=1S/C29H33FN2O2S/c1-3-18-31-29(34)27(20-23-9-5-4-6-10-23)32(21-24-11-7-8-12-26(24)30)28(33)17-19-35-25-15-13-22(2)14-16-25/h4-16,27H,3,17-21H2,1-2H3,(H,31,34)/t27-/m1/s1. The zero-order valence-electron chi connectivity index (χ0n) is 20.4. The van der Waals surface area contributed by atoms with Gasteiger partial charge in [-0.05, 0) is 37.1 Å². The molecule has 0 radical (unpaired) electrons. The van der Waals surface area contributed by atoms with Crippen LogP contribution in [-0.4, -0.2) is 35.1 Å². The highest BCUT2D eigenvalue weighted by Crippen LogP contribution is 2.22. The summed E-state index contributed by atoms with van der Waals surface area (Å²) < 4.78 is 14.6. The Morgan fingerprint density at radius 3 is 2.34 bits per heavy atom. The first-order valence-corrected chi connectivity index (χ1v) is 13.0. The molecule has 3 rings (SSSR count). The third kappa shape index (κ3) is 8.25. The molecule has 0 heterocycles. The van der Waals surface area contributed by atoms with Crippen molar-refractivity contribution in [3.63, 3.8) is 0 Å². The van der Waals surface area contributed by atoms with E-state index in [2.05, 4.69) is 5.32 Å². The van der Waals surface area contributed by atoms with Crippen molar-refractivity contribution in [1.29, 1.82) is 0 Å². The highest BCUT2D eigenvalue weighted by Gasteiger charge is 2.30. The molecular formula is C29H33FN2O2S. The predicted molar refractivity (Wildman–Crippen MR) is 141 cm³/mol. The van der Waals surface area contributed by atoms with E-state index >= 15 is 0 Å². The number of thioether (sulfide) groups is 1. The van der Waals surface area contributed by atoms with E-state index in [4.69, 9.17) is 0 Å². The first-order chi connectivity index (χ1) is 17.0. The Kier molecular flexibility index (Phi) is 10.4. The molecular weight excluding hydrogens is 459 g/mol. The van der Waals surface area contributed by atoms with E-state index in [1.54, 1.807) is 34.9 Å². The van der Waals surface area contributed by atoms with Crippen molar-refractivity contribution in [1.82, 2.24) is 10.2 Å². The van der Waals surface area contributed by atoms with Crippen LogP contribution < -0.4 is 5.32 Å². The van der Waals surface area contributed by atoms with Gasteiger partial charge in [0.1, 0.15) is 11.9 Å². The van der Waals surface area contributed by atoms with Crippen LogP contribution in [0.5, 0.6) is 0 Å². The second kappa shape index (κ2) is 13.7. The molecule has 0 saturated carbocycles. The molecule has 35 heavy (non-hydrogen) atoms. The third-order valence-electron chi connectivity index (χ3n) is 5.72. The molecule has 3 aromatic carbocycles. The topological polar surface area (TPSA) is 49.4 Å². The Balaban J connectivity index is 1.83. The molecule has 1 atom stereocenters. The first kappa shape index (κ1) is 26.5. The highest BCUT2D eigenvalue weighted by atomic mass is 32.2. The number of halogens is 1. The number of aryl methyl sites for hydroxylation is 1. The molecule has 0 aliphatic heterocycles. The lowest BCUT2D eigenvalue weighted by Gasteiger charge is -2.31. The fraction of sp³-hybridized carbons (Fsp3) is 0.310. The molecule has 1 N–H and O–H groups in total. The number of hydrogen-bond acceptors (Lipinski definition) is 3. The van der Waals surface area contributed by atoms with Gasteiger partial charge < -0.3 is 10.2 Å². The van der Waals surface area contributed by atoms with Gasteiger partial charge in [-0.3, -0.25) is 9.59 Å². The summed E-state index contributed by atoms with van der Waals surface area (Å²) in [4.78, 5) is 29.4. The molecule has 0 aliphatic rings. The highest BCUT2D eigenvalue weighted by molar-refractivity contribution is 7.99. The Morgan fingerprint density at radius 1 is 0.971 bits per heavy atom. The van der Waals surface area contributed by atoms with E-state index in [1.807, 2.05) is 68.4 Å². The average molecular weight is 493 g/mol. The molecule has 6 heteroatoms. The molecule has 2 amide bonds. The van der Waals surface area contributed by atoms with Gasteiger partial charge in [0.2, 0.25) is 11.8 Å². The molecule has 184 valence electrons. The SMILES string of the molecule is CCCNC(=O)[C@@H](Cc1ccccc1)N(Cc1ccccc1F)C(=O)CCSc1ccc(C)cc1. The van der Waals surface area contributed by atoms with Gasteiger partial charge in [0.05, 0.1) is 0 Å². The van der Waals surface area contributed by atoms with Crippen LogP contribution in [0.2, 0.25) is 0 Å². The number of benzene rings is 3. The maximum Gasteiger partial charge on any atom is 0.243 e. The lowest BCUT2D eigenvalue weighted by atomic mass is 10.0. The maximum absolute atomic E-state index is 14.6. The Morgan fingerprint density at radius 2 is 1.66 bits per heavy atom. The summed E-state index contributed by atoms with van der Waals surface area (Å²) in [6.45, 7) is 4.58. The smallest absolute Gasteiger partial charge is 0.243 e. The molecule has 0 spiro atoms. The lowest BCUT2D eigenvalue weighted by Crippen LogP contribution is -2.50. The van der Waals surface area contributed by atoms with E-state index in [1.165, 1.54) is 11.6 Å². The van der Waals surface area contributed by atoms with Gasteiger partial charge in [-0.2, -0.15) is 0 Å². The Bertz CT molecular complexity index is 1090. The van der Waals surface area contributed by atoms with Crippen LogP contribution in [0.25, 0.3) is 0 Å². The summed E-state index contributed by atoms with van der Waals surface area (Å²) in [6.07, 6.45) is 1.40. The minimum atomic E-state index is -0.736. The van der Waals surface area contributed by atoms with Gasteiger partial charge in [0, 0.05) is 42.1 Å². The first-order valence-electron chi connectivity index (χ1n) is 12.0. The largest absolute Gasteiger partial charge is 0.354 e. The van der Waals surface area contributed by atoms with Gasteiger partial charge in [0.15, 0.2) is 0 Å². The summed E-state index contributed by atoms with van der Waals surface area (Å²) >= 11 is 1.60. The van der Waals surface area contributed by atoms with Crippen LogP contribution in [0, 0.1) is 12.7 Å². The van der Waals surface area contributed by atoms with E-state index in [0.717, 1.165) is 16.9 Å². The van der Waals surface area contributed by atoms with Crippen molar-refractivity contribution in [2.24, 2.45) is 0 Å². The molecule has 0 aromatic heterocycles. The summed E-state index contributed by atoms with van der Waals surface area (Å²) in [5, 5.41) is 2.94. The molecule has 0 aliphatic carbocycles. The average Bonchev–Trinajstić information content (AvgIpc) is 2.87. The van der Waals surface area contributed by atoms with Crippen molar-refractivity contribution in [2.75, 3.05) is 12.3 Å². The van der Waals surface area contributed by atoms with Crippen LogP contribution in [0.15, 0.2) is 83.8 Å². The van der Waals surface area contributed by atoms with Gasteiger partial charge in [-0.15, -0.1) is 11.8 Å². The number of nitrogens with zero attached hydrogens (tertiary/aromatic N) is 1. The van der Waals surface area contributed by atoms with Crippen molar-refractivity contribution >= 4 is 23.6 Å². The van der Waals surface area contributed by atoms with Crippen LogP contribution >= 0.6 is 11.8 Å². The van der Waals surface area contributed by atoms with Crippen molar-refractivity contribution in [2.45, 2.75) is 50.6 Å². The van der Waals surface area contributed by atoms with E-state index < -0.39 is 6.04 Å². The fourth-order valence-corrected chi connectivity index (χ4v) is 4.61. The Labute approximate surface area is 211 Å². The fourth-order valence-electron chi connectivity index (χ4n) is 3.76. The zero-order chi connectivity index (χ0) is 25.0. The Hall–Kier alpha value is -3.12. The summed E-state index contributed by atoms with van der Waals surface area (Å²) in [7, 11) is 0. The van der Waals surface area contributed by atoms with Crippen LogP contribution in [-0.2, 0) is 22.6 Å². The number of carbonyl (C=O) groups is 2. The van der Waals surface area contributed by atoms with Crippen molar-refractivity contribution < 1.29 is 14.0 Å². The van der Waals surface area contributed by atoms with E-state index in [0.29, 0.717) is 24.3 Å². The molecule has 0 saturated heterocycles. The lowest BCUT2D eigenvalue weighted by molar-refractivity contribution is -0.141. The predicted octanol–water partition coefficient (Wildman–Crippen LogP) is 5.78. The molecule has 4 nitrogen and oxygen atoms in total. The molecule has 0 bridgehead atoms. The number of carbonyl (C=O) groups excluding carboxylic acids is 2. The summed E-state index contributed by atoms with van der Waals surface area (Å²) in [5.41, 5.74) is 2.53. The molecule has 0 unspecified atom stereocenters. The van der Waals surface area contributed by atoms with Crippen LogP contribution in [0.3, 0.4) is 0 Å². The summed E-state index contributed by atoms with van der Waals surface area (Å²) in [6, 6.07) is 23.5. The van der Waals surface area contributed by atoms with E-state index in [-0.39, 0.29) is 30.6 Å². The second-order valence-electron chi connectivity index (χ2n) is 8.52. The van der Waals surface area contributed by atoms with Gasteiger partial charge in [-0.25, -0.2) is 4.39 Å². The van der Waals surface area contributed by atoms with Crippen molar-refractivity contribution in [3.05, 3.63) is 101 Å². The summed E-state index contributed by atoms with van der Waals surface area (Å²) in [5.74, 6) is -0.191. The van der Waals surface area contributed by atoms with Gasteiger partial charge in [0.25, 0.3) is 0 Å². The monoisotopic (exact) mass is 492 g/mol. The molecule has 3 aromatic rings. The minimum Gasteiger partial charge on any atom is -0.354 e.